The van der Waals surface area contributed by atoms with Crippen molar-refractivity contribution in [2.45, 2.75) is 13.3 Å². The number of piperazine rings is 1. The molecule has 184 valence electrons. The number of rotatable bonds is 6. The number of nitriles is 1. The Labute approximate surface area is 211 Å². The molecule has 0 bridgehead atoms. The van der Waals surface area contributed by atoms with Gasteiger partial charge in [0.2, 0.25) is 5.88 Å². The molecule has 0 aliphatic carbocycles. The molecular weight excluding hydrogens is 452 g/mol. The maximum absolute atomic E-state index is 13.2. The van der Waals surface area contributed by atoms with Crippen LogP contribution in [0.4, 0.5) is 0 Å². The summed E-state index contributed by atoms with van der Waals surface area (Å²) < 4.78 is 5.20. The Bertz CT molecular complexity index is 1290. The van der Waals surface area contributed by atoms with E-state index < -0.39 is 0 Å². The molecule has 0 saturated carbocycles. The van der Waals surface area contributed by atoms with Crippen LogP contribution in [0.2, 0.25) is 0 Å². The lowest BCUT2D eigenvalue weighted by Crippen LogP contribution is -2.47. The van der Waals surface area contributed by atoms with Crippen LogP contribution in [-0.2, 0) is 0 Å². The van der Waals surface area contributed by atoms with Gasteiger partial charge in [0.25, 0.3) is 5.91 Å². The normalized spacial score (nSPS) is 17.6. The van der Waals surface area contributed by atoms with Gasteiger partial charge in [-0.1, -0.05) is 25.1 Å². The average Bonchev–Trinajstić information content (AvgIpc) is 2.92. The van der Waals surface area contributed by atoms with E-state index in [0.717, 1.165) is 60.6 Å². The summed E-state index contributed by atoms with van der Waals surface area (Å²) in [6.07, 6.45) is 8.20. The van der Waals surface area contributed by atoms with Crippen molar-refractivity contribution in [3.8, 4) is 11.9 Å². The first-order chi connectivity index (χ1) is 17.5. The number of carbonyl (C=O) groups is 1. The number of hydrogen-bond donors (Lipinski definition) is 0. The molecule has 2 aliphatic heterocycles. The predicted octanol–water partition coefficient (Wildman–Crippen LogP) is 3.60. The van der Waals surface area contributed by atoms with Gasteiger partial charge in [0.1, 0.15) is 18.0 Å². The van der Waals surface area contributed by atoms with Crippen LogP contribution in [0.25, 0.3) is 5.57 Å². The summed E-state index contributed by atoms with van der Waals surface area (Å²) in [4.78, 5) is 30.5. The first-order valence-corrected chi connectivity index (χ1v) is 12.0. The van der Waals surface area contributed by atoms with E-state index in [-0.39, 0.29) is 5.91 Å². The SMILES string of the molecule is CCC=C(C=C1CN=CN=C1c1cccc(C(=O)N2CCN(C)CC2)c1)c1cnc(OC)c(C#N)c1. The van der Waals surface area contributed by atoms with E-state index in [9.17, 15) is 10.1 Å². The molecule has 8 nitrogen and oxygen atoms in total. The lowest BCUT2D eigenvalue weighted by molar-refractivity contribution is 0.0664. The lowest BCUT2D eigenvalue weighted by Gasteiger charge is -2.32. The molecule has 0 unspecified atom stereocenters. The van der Waals surface area contributed by atoms with E-state index >= 15 is 0 Å². The molecule has 1 fully saturated rings. The van der Waals surface area contributed by atoms with Gasteiger partial charge in [0.15, 0.2) is 0 Å². The van der Waals surface area contributed by atoms with E-state index in [4.69, 9.17) is 4.74 Å². The van der Waals surface area contributed by atoms with Crippen LogP contribution in [0.5, 0.6) is 5.88 Å². The van der Waals surface area contributed by atoms with Crippen molar-refractivity contribution in [3.63, 3.8) is 0 Å². The minimum Gasteiger partial charge on any atom is -0.480 e. The van der Waals surface area contributed by atoms with Crippen molar-refractivity contribution in [3.05, 3.63) is 76.5 Å². The van der Waals surface area contributed by atoms with Gasteiger partial charge >= 0.3 is 0 Å². The van der Waals surface area contributed by atoms with Gasteiger partial charge in [-0.25, -0.2) is 9.98 Å². The van der Waals surface area contributed by atoms with Crippen LogP contribution in [0.3, 0.4) is 0 Å². The highest BCUT2D eigenvalue weighted by atomic mass is 16.5. The van der Waals surface area contributed by atoms with Gasteiger partial charge in [-0.2, -0.15) is 5.26 Å². The minimum atomic E-state index is 0.0421. The molecule has 36 heavy (non-hydrogen) atoms. The van der Waals surface area contributed by atoms with E-state index in [2.05, 4.69) is 46.0 Å². The summed E-state index contributed by atoms with van der Waals surface area (Å²) >= 11 is 0. The number of aromatic nitrogens is 1. The number of ether oxygens (including phenoxy) is 1. The molecule has 1 aromatic carbocycles. The summed E-state index contributed by atoms with van der Waals surface area (Å²) in [6, 6.07) is 11.6. The van der Waals surface area contributed by atoms with Gasteiger partial charge in [-0.3, -0.25) is 9.79 Å². The Morgan fingerprint density at radius 2 is 2.00 bits per heavy atom. The summed E-state index contributed by atoms with van der Waals surface area (Å²) in [6.45, 7) is 5.73. The fraction of sp³-hybridized carbons (Fsp3) is 0.321. The number of aliphatic imine (C=N–C) groups is 2. The van der Waals surface area contributed by atoms with E-state index in [0.29, 0.717) is 23.6 Å². The zero-order valence-electron chi connectivity index (χ0n) is 20.9. The number of nitrogens with zero attached hydrogens (tertiary/aromatic N) is 6. The Morgan fingerprint density at radius 3 is 2.72 bits per heavy atom. The van der Waals surface area contributed by atoms with Crippen molar-refractivity contribution in [1.29, 1.82) is 5.26 Å². The fourth-order valence-corrected chi connectivity index (χ4v) is 4.28. The fourth-order valence-electron chi connectivity index (χ4n) is 4.28. The quantitative estimate of drug-likeness (QED) is 0.627. The largest absolute Gasteiger partial charge is 0.480 e. The van der Waals surface area contributed by atoms with Gasteiger partial charge in [0, 0.05) is 54.6 Å². The number of pyridine rings is 1. The Hall–Kier alpha value is -4.09. The second kappa shape index (κ2) is 11.6. The zero-order chi connectivity index (χ0) is 25.5. The lowest BCUT2D eigenvalue weighted by atomic mass is 9.95. The molecule has 0 spiro atoms. The number of carbonyl (C=O) groups excluding carboxylic acids is 1. The van der Waals surface area contributed by atoms with Crippen molar-refractivity contribution in [1.82, 2.24) is 14.8 Å². The van der Waals surface area contributed by atoms with Crippen molar-refractivity contribution in [2.24, 2.45) is 9.98 Å². The summed E-state index contributed by atoms with van der Waals surface area (Å²) in [5.74, 6) is 0.344. The monoisotopic (exact) mass is 482 g/mol. The molecule has 1 amide bonds. The minimum absolute atomic E-state index is 0.0421. The standard InChI is InChI=1S/C28H30N6O2/c1-4-6-20(24-15-23(16-29)27(36-3)31-18-24)13-25-17-30-19-32-26(25)21-7-5-8-22(14-21)28(35)34-11-9-33(2)10-12-34/h5-8,13-15,18-19H,4,9-12,17H2,1-3H3. The van der Waals surface area contributed by atoms with E-state index in [1.807, 2.05) is 35.2 Å². The molecule has 1 aromatic heterocycles. The van der Waals surface area contributed by atoms with Crippen LogP contribution in [0.15, 0.2) is 64.2 Å². The number of methoxy groups -OCH3 is 1. The molecular formula is C28H30N6O2. The van der Waals surface area contributed by atoms with Gasteiger partial charge in [-0.05, 0) is 43.3 Å². The average molecular weight is 483 g/mol. The van der Waals surface area contributed by atoms with Crippen LogP contribution < -0.4 is 4.74 Å². The third-order valence-electron chi connectivity index (χ3n) is 6.26. The second-order valence-electron chi connectivity index (χ2n) is 8.74. The van der Waals surface area contributed by atoms with E-state index in [1.165, 1.54) is 7.11 Å². The smallest absolute Gasteiger partial charge is 0.253 e. The first-order valence-electron chi connectivity index (χ1n) is 12.0. The number of hydrogen-bond acceptors (Lipinski definition) is 7. The molecule has 1 saturated heterocycles. The summed E-state index contributed by atoms with van der Waals surface area (Å²) in [7, 11) is 3.57. The van der Waals surface area contributed by atoms with Gasteiger partial charge in [0.05, 0.1) is 19.4 Å². The van der Waals surface area contributed by atoms with E-state index in [1.54, 1.807) is 18.6 Å². The third-order valence-corrected chi connectivity index (χ3v) is 6.26. The van der Waals surface area contributed by atoms with Crippen molar-refractivity contribution < 1.29 is 9.53 Å². The maximum atomic E-state index is 13.2. The van der Waals surface area contributed by atoms with Gasteiger partial charge in [-0.15, -0.1) is 0 Å². The third kappa shape index (κ3) is 5.58. The molecule has 2 aliphatic rings. The second-order valence-corrected chi connectivity index (χ2v) is 8.74. The topological polar surface area (TPSA) is 94.2 Å². The predicted molar refractivity (Wildman–Crippen MR) is 142 cm³/mol. The Balaban J connectivity index is 1.66. The van der Waals surface area contributed by atoms with Crippen molar-refractivity contribution in [2.75, 3.05) is 46.9 Å². The molecule has 8 heteroatoms. The highest BCUT2D eigenvalue weighted by Crippen LogP contribution is 2.25. The highest BCUT2D eigenvalue weighted by Gasteiger charge is 2.22. The van der Waals surface area contributed by atoms with Crippen LogP contribution in [0.1, 0.15) is 40.4 Å². The van der Waals surface area contributed by atoms with Crippen LogP contribution in [-0.4, -0.2) is 79.6 Å². The maximum Gasteiger partial charge on any atom is 0.253 e. The Morgan fingerprint density at radius 1 is 1.19 bits per heavy atom. The molecule has 3 heterocycles. The summed E-state index contributed by atoms with van der Waals surface area (Å²) in [5.41, 5.74) is 5.35. The molecule has 0 atom stereocenters. The Kier molecular flexibility index (Phi) is 8.03. The molecule has 0 N–H and O–H groups in total. The molecule has 0 radical (unpaired) electrons. The number of benzene rings is 1. The molecule has 2 aromatic rings. The number of allylic oxidation sites excluding steroid dienone is 3. The first kappa shape index (κ1) is 25.0. The van der Waals surface area contributed by atoms with Gasteiger partial charge < -0.3 is 14.5 Å². The zero-order valence-corrected chi connectivity index (χ0v) is 20.9. The van der Waals surface area contributed by atoms with Crippen molar-refractivity contribution >= 4 is 23.5 Å². The molecule has 4 rings (SSSR count). The number of likely N-dealkylation sites (N-methyl/N-ethyl adjacent to an activating group) is 1. The summed E-state index contributed by atoms with van der Waals surface area (Å²) in [5, 5.41) is 9.50. The number of amides is 1. The van der Waals surface area contributed by atoms with Crippen LogP contribution in [0, 0.1) is 11.3 Å². The van der Waals surface area contributed by atoms with Crippen LogP contribution >= 0.6 is 0 Å². The highest BCUT2D eigenvalue weighted by molar-refractivity contribution is 6.18.